The van der Waals surface area contributed by atoms with E-state index in [-0.39, 0.29) is 0 Å². The minimum atomic E-state index is 0.338. The largest absolute Gasteiger partial charge is 0.313 e. The molecule has 0 saturated carbocycles. The first-order chi connectivity index (χ1) is 7.17. The molecule has 1 unspecified atom stereocenters. The van der Waals surface area contributed by atoms with Crippen molar-refractivity contribution in [2.45, 2.75) is 32.7 Å². The summed E-state index contributed by atoms with van der Waals surface area (Å²) in [5.74, 6) is 0. The van der Waals surface area contributed by atoms with Crippen LogP contribution in [0.1, 0.15) is 36.9 Å². The molecule has 1 atom stereocenters. The van der Waals surface area contributed by atoms with Gasteiger partial charge in [0.1, 0.15) is 0 Å². The van der Waals surface area contributed by atoms with Crippen LogP contribution < -0.4 is 5.32 Å². The van der Waals surface area contributed by atoms with Crippen LogP contribution in [0.25, 0.3) is 0 Å². The Labute approximate surface area is 92.4 Å². The Morgan fingerprint density at radius 1 is 1.53 bits per heavy atom. The highest BCUT2D eigenvalue weighted by molar-refractivity contribution is 5.21. The molecule has 0 saturated heterocycles. The SMILES string of the molecule is C=C(CC)CC(NC)c1cncc(C)c1. The van der Waals surface area contributed by atoms with Gasteiger partial charge in [-0.3, -0.25) is 4.98 Å². The Bertz CT molecular complexity index is 331. The van der Waals surface area contributed by atoms with Crippen LogP contribution in [0.2, 0.25) is 0 Å². The van der Waals surface area contributed by atoms with E-state index in [0.717, 1.165) is 12.8 Å². The molecule has 0 aliphatic heterocycles. The average molecular weight is 204 g/mol. The first-order valence-electron chi connectivity index (χ1n) is 5.42. The molecule has 2 nitrogen and oxygen atoms in total. The second-order valence-corrected chi connectivity index (χ2v) is 3.94. The molecule has 0 aliphatic rings. The summed E-state index contributed by atoms with van der Waals surface area (Å²) in [6.45, 7) is 8.26. The standard InChI is InChI=1S/C13H20N2/c1-5-10(2)7-13(14-4)12-6-11(3)8-15-9-12/h6,8-9,13-14H,2,5,7H2,1,3-4H3. The molecule has 15 heavy (non-hydrogen) atoms. The molecule has 0 spiro atoms. The maximum atomic E-state index is 4.22. The van der Waals surface area contributed by atoms with Crippen molar-refractivity contribution in [2.24, 2.45) is 0 Å². The monoisotopic (exact) mass is 204 g/mol. The van der Waals surface area contributed by atoms with Crippen molar-refractivity contribution in [2.75, 3.05) is 7.05 Å². The van der Waals surface area contributed by atoms with Gasteiger partial charge in [0.05, 0.1) is 0 Å². The molecule has 82 valence electrons. The first-order valence-corrected chi connectivity index (χ1v) is 5.42. The van der Waals surface area contributed by atoms with E-state index in [4.69, 9.17) is 0 Å². The summed E-state index contributed by atoms with van der Waals surface area (Å²) in [5.41, 5.74) is 3.72. The zero-order chi connectivity index (χ0) is 11.3. The average Bonchev–Trinajstić information content (AvgIpc) is 2.25. The topological polar surface area (TPSA) is 24.9 Å². The van der Waals surface area contributed by atoms with Gasteiger partial charge in [0.15, 0.2) is 0 Å². The van der Waals surface area contributed by atoms with Crippen molar-refractivity contribution in [1.29, 1.82) is 0 Å². The lowest BCUT2D eigenvalue weighted by Gasteiger charge is -2.17. The smallest absolute Gasteiger partial charge is 0.0370 e. The second-order valence-electron chi connectivity index (χ2n) is 3.94. The molecule has 1 aromatic rings. The first kappa shape index (κ1) is 11.9. The van der Waals surface area contributed by atoms with Crippen LogP contribution in [0.3, 0.4) is 0 Å². The Kier molecular flexibility index (Phi) is 4.50. The molecule has 2 heteroatoms. The fourth-order valence-corrected chi connectivity index (χ4v) is 1.59. The van der Waals surface area contributed by atoms with Gasteiger partial charge >= 0.3 is 0 Å². The van der Waals surface area contributed by atoms with E-state index in [1.54, 1.807) is 0 Å². The molecule has 0 fully saturated rings. The highest BCUT2D eigenvalue weighted by Gasteiger charge is 2.10. The van der Waals surface area contributed by atoms with E-state index in [0.29, 0.717) is 6.04 Å². The minimum Gasteiger partial charge on any atom is -0.313 e. The van der Waals surface area contributed by atoms with Gasteiger partial charge in [-0.05, 0) is 37.9 Å². The summed E-state index contributed by atoms with van der Waals surface area (Å²) in [6, 6.07) is 2.52. The quantitative estimate of drug-likeness (QED) is 0.746. The van der Waals surface area contributed by atoms with Crippen LogP contribution in [0, 0.1) is 6.92 Å². The Morgan fingerprint density at radius 2 is 2.27 bits per heavy atom. The predicted molar refractivity (Wildman–Crippen MR) is 64.8 cm³/mol. The molecule has 0 radical (unpaired) electrons. The molecule has 0 aromatic carbocycles. The summed E-state index contributed by atoms with van der Waals surface area (Å²) >= 11 is 0. The van der Waals surface area contributed by atoms with Crippen LogP contribution in [-0.2, 0) is 0 Å². The molecular weight excluding hydrogens is 184 g/mol. The van der Waals surface area contributed by atoms with Gasteiger partial charge in [0.2, 0.25) is 0 Å². The maximum Gasteiger partial charge on any atom is 0.0370 e. The molecule has 1 N–H and O–H groups in total. The van der Waals surface area contributed by atoms with Gasteiger partial charge in [-0.2, -0.15) is 0 Å². The van der Waals surface area contributed by atoms with Crippen LogP contribution in [0.15, 0.2) is 30.6 Å². The molecule has 0 aliphatic carbocycles. The van der Waals surface area contributed by atoms with Crippen LogP contribution in [0.5, 0.6) is 0 Å². The van der Waals surface area contributed by atoms with Gasteiger partial charge in [0.25, 0.3) is 0 Å². The lowest BCUT2D eigenvalue weighted by Crippen LogP contribution is -2.17. The minimum absolute atomic E-state index is 0.338. The predicted octanol–water partition coefficient (Wildman–Crippen LogP) is 3.01. The van der Waals surface area contributed by atoms with E-state index in [1.807, 2.05) is 19.4 Å². The normalized spacial score (nSPS) is 12.5. The molecular formula is C13H20N2. The van der Waals surface area contributed by atoms with Crippen LogP contribution in [0.4, 0.5) is 0 Å². The second kappa shape index (κ2) is 5.66. The fourth-order valence-electron chi connectivity index (χ4n) is 1.59. The Balaban J connectivity index is 2.78. The van der Waals surface area contributed by atoms with E-state index < -0.39 is 0 Å². The highest BCUT2D eigenvalue weighted by atomic mass is 14.9. The number of nitrogens with one attached hydrogen (secondary N) is 1. The van der Waals surface area contributed by atoms with E-state index in [9.17, 15) is 0 Å². The summed E-state index contributed by atoms with van der Waals surface area (Å²) in [7, 11) is 1.98. The van der Waals surface area contributed by atoms with Gasteiger partial charge in [-0.25, -0.2) is 0 Å². The lowest BCUT2D eigenvalue weighted by molar-refractivity contribution is 0.580. The summed E-state index contributed by atoms with van der Waals surface area (Å²) in [5, 5.41) is 3.31. The summed E-state index contributed by atoms with van der Waals surface area (Å²) in [4.78, 5) is 4.22. The Morgan fingerprint density at radius 3 is 2.80 bits per heavy atom. The number of pyridine rings is 1. The van der Waals surface area contributed by atoms with Gasteiger partial charge in [-0.1, -0.05) is 25.1 Å². The number of aryl methyl sites for hydroxylation is 1. The maximum absolute atomic E-state index is 4.22. The van der Waals surface area contributed by atoms with Crippen molar-refractivity contribution in [3.63, 3.8) is 0 Å². The van der Waals surface area contributed by atoms with Crippen LogP contribution in [-0.4, -0.2) is 12.0 Å². The third kappa shape index (κ3) is 3.48. The van der Waals surface area contributed by atoms with Crippen LogP contribution >= 0.6 is 0 Å². The van der Waals surface area contributed by atoms with Gasteiger partial charge in [-0.15, -0.1) is 0 Å². The number of aromatic nitrogens is 1. The molecule has 1 heterocycles. The van der Waals surface area contributed by atoms with Crippen molar-refractivity contribution < 1.29 is 0 Å². The number of hydrogen-bond donors (Lipinski definition) is 1. The van der Waals surface area contributed by atoms with Gasteiger partial charge in [0, 0.05) is 18.4 Å². The molecule has 0 amide bonds. The van der Waals surface area contributed by atoms with Crippen molar-refractivity contribution >= 4 is 0 Å². The third-order valence-corrected chi connectivity index (χ3v) is 2.64. The van der Waals surface area contributed by atoms with Gasteiger partial charge < -0.3 is 5.32 Å². The molecule has 1 rings (SSSR count). The van der Waals surface area contributed by atoms with E-state index in [2.05, 4.69) is 36.8 Å². The zero-order valence-corrected chi connectivity index (χ0v) is 9.88. The van der Waals surface area contributed by atoms with Crippen molar-refractivity contribution in [1.82, 2.24) is 10.3 Å². The number of rotatable bonds is 5. The lowest BCUT2D eigenvalue weighted by atomic mass is 9.99. The number of hydrogen-bond acceptors (Lipinski definition) is 2. The summed E-state index contributed by atoms with van der Waals surface area (Å²) < 4.78 is 0. The Hall–Kier alpha value is -1.15. The fraction of sp³-hybridized carbons (Fsp3) is 0.462. The number of nitrogens with zero attached hydrogens (tertiary/aromatic N) is 1. The molecule has 0 bridgehead atoms. The van der Waals surface area contributed by atoms with E-state index in [1.165, 1.54) is 16.7 Å². The van der Waals surface area contributed by atoms with E-state index >= 15 is 0 Å². The zero-order valence-electron chi connectivity index (χ0n) is 9.88. The molecule has 1 aromatic heterocycles. The van der Waals surface area contributed by atoms with Crippen molar-refractivity contribution in [3.8, 4) is 0 Å². The third-order valence-electron chi connectivity index (χ3n) is 2.64. The summed E-state index contributed by atoms with van der Waals surface area (Å²) in [6.07, 6.45) is 5.83. The highest BCUT2D eigenvalue weighted by Crippen LogP contribution is 2.21. The van der Waals surface area contributed by atoms with Crippen molar-refractivity contribution in [3.05, 3.63) is 41.7 Å².